The number of nitrogens with two attached hydrogens (primary N) is 2. The third kappa shape index (κ3) is 2.81. The molecule has 27 heavy (non-hydrogen) atoms. The van der Waals surface area contributed by atoms with Gasteiger partial charge in [-0.1, -0.05) is 18.2 Å². The van der Waals surface area contributed by atoms with Gasteiger partial charge in [0.2, 0.25) is 11.8 Å². The van der Waals surface area contributed by atoms with Crippen molar-refractivity contribution in [3.63, 3.8) is 0 Å². The zero-order valence-corrected chi connectivity index (χ0v) is 14.3. The van der Waals surface area contributed by atoms with Crippen molar-refractivity contribution in [2.45, 2.75) is 6.54 Å². The number of benzene rings is 3. The van der Waals surface area contributed by atoms with Gasteiger partial charge in [-0.3, -0.25) is 9.59 Å². The van der Waals surface area contributed by atoms with Gasteiger partial charge in [-0.05, 0) is 48.0 Å². The molecule has 0 aliphatic carbocycles. The Kier molecular flexibility index (Phi) is 3.88. The predicted octanol–water partition coefficient (Wildman–Crippen LogP) is 3.18. The Labute approximate surface area is 154 Å². The molecule has 1 heterocycles. The van der Waals surface area contributed by atoms with Crippen LogP contribution >= 0.6 is 0 Å². The van der Waals surface area contributed by atoms with Crippen molar-refractivity contribution in [2.75, 3.05) is 0 Å². The van der Waals surface area contributed by atoms with E-state index in [-0.39, 0.29) is 0 Å². The van der Waals surface area contributed by atoms with Crippen LogP contribution in [0.2, 0.25) is 0 Å². The molecule has 0 saturated heterocycles. The number of hydrogen-bond donors (Lipinski definition) is 2. The van der Waals surface area contributed by atoms with E-state index in [0.29, 0.717) is 28.4 Å². The molecule has 0 bridgehead atoms. The second-order valence-corrected chi connectivity index (χ2v) is 6.38. The van der Waals surface area contributed by atoms with Crippen molar-refractivity contribution in [3.05, 3.63) is 83.2 Å². The maximum atomic E-state index is 13.9. The molecule has 0 radical (unpaired) electrons. The van der Waals surface area contributed by atoms with Crippen LogP contribution in [0, 0.1) is 5.82 Å². The molecular formula is C21H16FN3O2. The second-order valence-electron chi connectivity index (χ2n) is 6.38. The first kappa shape index (κ1) is 16.8. The number of halogens is 1. The summed E-state index contributed by atoms with van der Waals surface area (Å²) in [6.45, 7) is 0.426. The van der Waals surface area contributed by atoms with Gasteiger partial charge in [0.1, 0.15) is 5.82 Å². The molecule has 134 valence electrons. The van der Waals surface area contributed by atoms with Crippen LogP contribution in [0.25, 0.3) is 21.8 Å². The Morgan fingerprint density at radius 3 is 2.41 bits per heavy atom. The molecular weight excluding hydrogens is 345 g/mol. The maximum absolute atomic E-state index is 13.9. The molecule has 0 spiro atoms. The minimum absolute atomic E-state index is 0.340. The van der Waals surface area contributed by atoms with Crippen LogP contribution in [0.15, 0.2) is 60.7 Å². The highest BCUT2D eigenvalue weighted by atomic mass is 19.1. The molecule has 0 fully saturated rings. The SMILES string of the molecule is NC(=O)c1cccc(Cn2c3ccc(F)cc3c3c(C(N)=O)cccc32)c1. The van der Waals surface area contributed by atoms with Gasteiger partial charge in [0, 0.05) is 34.0 Å². The summed E-state index contributed by atoms with van der Waals surface area (Å²) in [5, 5.41) is 1.23. The van der Waals surface area contributed by atoms with E-state index in [1.807, 2.05) is 16.7 Å². The number of nitrogens with zero attached hydrogens (tertiary/aromatic N) is 1. The van der Waals surface area contributed by atoms with Gasteiger partial charge in [-0.15, -0.1) is 0 Å². The van der Waals surface area contributed by atoms with Gasteiger partial charge >= 0.3 is 0 Å². The van der Waals surface area contributed by atoms with E-state index in [0.717, 1.165) is 16.6 Å². The Morgan fingerprint density at radius 2 is 1.67 bits per heavy atom. The smallest absolute Gasteiger partial charge is 0.249 e. The van der Waals surface area contributed by atoms with E-state index in [2.05, 4.69) is 0 Å². The van der Waals surface area contributed by atoms with Crippen molar-refractivity contribution in [1.29, 1.82) is 0 Å². The number of hydrogen-bond acceptors (Lipinski definition) is 2. The lowest BCUT2D eigenvalue weighted by atomic mass is 10.1. The summed E-state index contributed by atoms with van der Waals surface area (Å²) in [7, 11) is 0. The van der Waals surface area contributed by atoms with Crippen molar-refractivity contribution in [2.24, 2.45) is 11.5 Å². The Balaban J connectivity index is 1.99. The average Bonchev–Trinajstić information content (AvgIpc) is 2.95. The van der Waals surface area contributed by atoms with E-state index < -0.39 is 17.6 Å². The summed E-state index contributed by atoms with van der Waals surface area (Å²) in [5.74, 6) is -1.46. The molecule has 0 aliphatic rings. The molecule has 4 rings (SSSR count). The van der Waals surface area contributed by atoms with Crippen molar-refractivity contribution in [1.82, 2.24) is 4.57 Å². The first-order valence-electron chi connectivity index (χ1n) is 8.34. The van der Waals surface area contributed by atoms with Crippen LogP contribution in [0.4, 0.5) is 4.39 Å². The summed E-state index contributed by atoms with van der Waals surface area (Å²) in [4.78, 5) is 23.4. The third-order valence-electron chi connectivity index (χ3n) is 4.67. The molecule has 3 aromatic carbocycles. The van der Waals surface area contributed by atoms with E-state index in [4.69, 9.17) is 11.5 Å². The lowest BCUT2D eigenvalue weighted by molar-refractivity contribution is 0.0992. The number of carbonyl (C=O) groups excluding carboxylic acids is 2. The maximum Gasteiger partial charge on any atom is 0.249 e. The molecule has 0 atom stereocenters. The third-order valence-corrected chi connectivity index (χ3v) is 4.67. The fourth-order valence-electron chi connectivity index (χ4n) is 3.50. The second kappa shape index (κ2) is 6.25. The standard InChI is InChI=1S/C21H16FN3O2/c22-14-7-8-17-16(10-14)19-15(21(24)27)5-2-6-18(19)25(17)11-12-3-1-4-13(9-12)20(23)26/h1-10H,11H2,(H2,23,26)(H2,24,27). The van der Waals surface area contributed by atoms with E-state index >= 15 is 0 Å². The highest BCUT2D eigenvalue weighted by molar-refractivity contribution is 6.17. The van der Waals surface area contributed by atoms with Gasteiger partial charge < -0.3 is 16.0 Å². The zero-order valence-electron chi connectivity index (χ0n) is 14.3. The highest BCUT2D eigenvalue weighted by Gasteiger charge is 2.17. The molecule has 6 heteroatoms. The van der Waals surface area contributed by atoms with E-state index in [9.17, 15) is 14.0 Å². The molecule has 1 aromatic heterocycles. The number of aromatic nitrogens is 1. The first-order chi connectivity index (χ1) is 13.0. The summed E-state index contributed by atoms with van der Waals surface area (Å²) in [5.41, 5.74) is 14.0. The molecule has 4 N–H and O–H groups in total. The highest BCUT2D eigenvalue weighted by Crippen LogP contribution is 2.32. The van der Waals surface area contributed by atoms with Crippen molar-refractivity contribution >= 4 is 33.6 Å². The van der Waals surface area contributed by atoms with Gasteiger partial charge in [0.05, 0.1) is 5.52 Å². The van der Waals surface area contributed by atoms with Crippen molar-refractivity contribution < 1.29 is 14.0 Å². The van der Waals surface area contributed by atoms with Gasteiger partial charge in [0.25, 0.3) is 0 Å². The van der Waals surface area contributed by atoms with Gasteiger partial charge in [-0.2, -0.15) is 0 Å². The Bertz CT molecular complexity index is 1230. The van der Waals surface area contributed by atoms with Crippen LogP contribution in [-0.2, 0) is 6.54 Å². The van der Waals surface area contributed by atoms with Crippen LogP contribution in [-0.4, -0.2) is 16.4 Å². The van der Waals surface area contributed by atoms with E-state index in [1.165, 1.54) is 12.1 Å². The van der Waals surface area contributed by atoms with E-state index in [1.54, 1.807) is 36.4 Å². The quantitative estimate of drug-likeness (QED) is 0.584. The number of carbonyl (C=O) groups is 2. The molecule has 0 saturated carbocycles. The molecule has 0 aliphatic heterocycles. The lowest BCUT2D eigenvalue weighted by Crippen LogP contribution is -2.12. The Morgan fingerprint density at radius 1 is 0.889 bits per heavy atom. The summed E-state index contributed by atoms with van der Waals surface area (Å²) < 4.78 is 15.9. The summed E-state index contributed by atoms with van der Waals surface area (Å²) >= 11 is 0. The van der Waals surface area contributed by atoms with Crippen LogP contribution in [0.5, 0.6) is 0 Å². The molecule has 5 nitrogen and oxygen atoms in total. The monoisotopic (exact) mass is 361 g/mol. The molecule has 0 unspecified atom stereocenters. The Hall–Kier alpha value is -3.67. The topological polar surface area (TPSA) is 91.1 Å². The minimum atomic E-state index is -0.570. The van der Waals surface area contributed by atoms with Crippen LogP contribution < -0.4 is 11.5 Å². The number of primary amides is 2. The molecule has 4 aromatic rings. The molecule has 2 amide bonds. The normalized spacial score (nSPS) is 11.1. The van der Waals surface area contributed by atoms with Crippen molar-refractivity contribution in [3.8, 4) is 0 Å². The fourth-order valence-corrected chi connectivity index (χ4v) is 3.50. The number of fused-ring (bicyclic) bond motifs is 3. The van der Waals surface area contributed by atoms with Gasteiger partial charge in [-0.25, -0.2) is 4.39 Å². The zero-order chi connectivity index (χ0) is 19.1. The number of rotatable bonds is 4. The number of amides is 2. The average molecular weight is 361 g/mol. The summed E-state index contributed by atoms with van der Waals surface area (Å²) in [6.07, 6.45) is 0. The van der Waals surface area contributed by atoms with Gasteiger partial charge in [0.15, 0.2) is 0 Å². The first-order valence-corrected chi connectivity index (χ1v) is 8.34. The fraction of sp³-hybridized carbons (Fsp3) is 0.0476. The summed E-state index contributed by atoms with van der Waals surface area (Å²) in [6, 6.07) is 16.7. The largest absolute Gasteiger partial charge is 0.366 e. The van der Waals surface area contributed by atoms with Crippen LogP contribution in [0.3, 0.4) is 0 Å². The minimum Gasteiger partial charge on any atom is -0.366 e. The van der Waals surface area contributed by atoms with Crippen LogP contribution in [0.1, 0.15) is 26.3 Å². The predicted molar refractivity (Wildman–Crippen MR) is 102 cm³/mol. The lowest BCUT2D eigenvalue weighted by Gasteiger charge is -2.09.